The van der Waals surface area contributed by atoms with E-state index in [1.807, 2.05) is 18.0 Å². The molecule has 1 rings (SSSR count). The van der Waals surface area contributed by atoms with Crippen LogP contribution >= 0.6 is 11.6 Å². The third-order valence-electron chi connectivity index (χ3n) is 2.29. The van der Waals surface area contributed by atoms with Gasteiger partial charge in [0.2, 0.25) is 5.91 Å². The van der Waals surface area contributed by atoms with E-state index >= 15 is 0 Å². The molecule has 18 heavy (non-hydrogen) atoms. The van der Waals surface area contributed by atoms with E-state index in [0.29, 0.717) is 31.4 Å². The number of carbonyl (C=O) groups excluding carboxylic acids is 1. The average molecular weight is 272 g/mol. The Morgan fingerprint density at radius 3 is 3.06 bits per heavy atom. The van der Waals surface area contributed by atoms with Crippen molar-refractivity contribution in [2.75, 3.05) is 33.9 Å². The molecule has 1 heterocycles. The van der Waals surface area contributed by atoms with Crippen molar-refractivity contribution in [3.8, 4) is 0 Å². The number of carbonyl (C=O) groups is 1. The lowest BCUT2D eigenvalue weighted by Gasteiger charge is -2.16. The number of ether oxygens (including phenoxy) is 1. The minimum atomic E-state index is -0.0188. The van der Waals surface area contributed by atoms with Crippen LogP contribution in [0.3, 0.4) is 0 Å². The molecule has 1 amide bonds. The molecule has 0 atom stereocenters. The summed E-state index contributed by atoms with van der Waals surface area (Å²) in [6.45, 7) is 2.04. The van der Waals surface area contributed by atoms with Crippen LogP contribution in [-0.4, -0.2) is 49.6 Å². The van der Waals surface area contributed by atoms with E-state index in [9.17, 15) is 4.79 Å². The predicted octanol–water partition coefficient (Wildman–Crippen LogP) is 0.929. The number of hydrogen-bond acceptors (Lipinski definition) is 4. The van der Waals surface area contributed by atoms with E-state index in [0.717, 1.165) is 5.56 Å². The molecule has 0 bridgehead atoms. The van der Waals surface area contributed by atoms with Crippen LogP contribution in [0, 0.1) is 0 Å². The Labute approximate surface area is 112 Å². The van der Waals surface area contributed by atoms with Gasteiger partial charge in [-0.2, -0.15) is 0 Å². The fourth-order valence-electron chi connectivity index (χ4n) is 1.50. The summed E-state index contributed by atoms with van der Waals surface area (Å²) in [5.74, 6) is -0.0188. The Morgan fingerprint density at radius 1 is 1.61 bits per heavy atom. The summed E-state index contributed by atoms with van der Waals surface area (Å²) in [5, 5.41) is 3.23. The summed E-state index contributed by atoms with van der Waals surface area (Å²) < 4.78 is 4.86. The van der Waals surface area contributed by atoms with Crippen molar-refractivity contribution in [3.05, 3.63) is 29.0 Å². The van der Waals surface area contributed by atoms with E-state index in [1.54, 1.807) is 19.4 Å². The van der Waals surface area contributed by atoms with Crippen molar-refractivity contribution in [1.29, 1.82) is 0 Å². The highest BCUT2D eigenvalue weighted by atomic mass is 35.5. The lowest BCUT2D eigenvalue weighted by Crippen LogP contribution is -2.36. The minimum absolute atomic E-state index is 0.0188. The van der Waals surface area contributed by atoms with Crippen LogP contribution in [0.5, 0.6) is 0 Å². The molecule has 0 saturated carbocycles. The number of methoxy groups -OCH3 is 1. The van der Waals surface area contributed by atoms with Gasteiger partial charge < -0.3 is 10.1 Å². The molecule has 5 nitrogen and oxygen atoms in total. The summed E-state index contributed by atoms with van der Waals surface area (Å²) >= 11 is 5.80. The molecule has 0 spiro atoms. The minimum Gasteiger partial charge on any atom is -0.383 e. The first kappa shape index (κ1) is 14.9. The Kier molecular flexibility index (Phi) is 6.64. The number of hydrogen-bond donors (Lipinski definition) is 1. The second-order valence-electron chi connectivity index (χ2n) is 4.00. The van der Waals surface area contributed by atoms with E-state index in [2.05, 4.69) is 10.3 Å². The molecule has 100 valence electrons. The maximum Gasteiger partial charge on any atom is 0.234 e. The van der Waals surface area contributed by atoms with Gasteiger partial charge in [-0.3, -0.25) is 9.69 Å². The SMILES string of the molecule is COCCNC(=O)CN(C)Cc1ccnc(Cl)c1. The quantitative estimate of drug-likeness (QED) is 0.592. The van der Waals surface area contributed by atoms with Crippen molar-refractivity contribution >= 4 is 17.5 Å². The van der Waals surface area contributed by atoms with Crippen molar-refractivity contribution in [3.63, 3.8) is 0 Å². The molecular formula is C12H18ClN3O2. The number of nitrogens with zero attached hydrogens (tertiary/aromatic N) is 2. The van der Waals surface area contributed by atoms with E-state index < -0.39 is 0 Å². The van der Waals surface area contributed by atoms with Crippen LogP contribution < -0.4 is 5.32 Å². The fourth-order valence-corrected chi connectivity index (χ4v) is 1.70. The number of halogens is 1. The van der Waals surface area contributed by atoms with Crippen molar-refractivity contribution in [2.24, 2.45) is 0 Å². The number of amides is 1. The van der Waals surface area contributed by atoms with Gasteiger partial charge in [-0.05, 0) is 24.7 Å². The van der Waals surface area contributed by atoms with Crippen LogP contribution in [0.15, 0.2) is 18.3 Å². The van der Waals surface area contributed by atoms with Gasteiger partial charge in [0.1, 0.15) is 5.15 Å². The molecule has 6 heteroatoms. The normalized spacial score (nSPS) is 10.7. The largest absolute Gasteiger partial charge is 0.383 e. The molecule has 0 aromatic carbocycles. The third kappa shape index (κ3) is 5.95. The standard InChI is InChI=1S/C12H18ClN3O2/c1-16(9-12(17)15-5-6-18-2)8-10-3-4-14-11(13)7-10/h3-4,7H,5-6,8-9H2,1-2H3,(H,15,17). The fraction of sp³-hybridized carbons (Fsp3) is 0.500. The molecule has 0 unspecified atom stereocenters. The molecule has 0 aliphatic carbocycles. The van der Waals surface area contributed by atoms with Crippen LogP contribution in [0.2, 0.25) is 5.15 Å². The highest BCUT2D eigenvalue weighted by Gasteiger charge is 2.06. The summed E-state index contributed by atoms with van der Waals surface area (Å²) in [5.41, 5.74) is 1.03. The maximum absolute atomic E-state index is 11.5. The first-order valence-electron chi connectivity index (χ1n) is 5.66. The Morgan fingerprint density at radius 2 is 2.39 bits per heavy atom. The first-order chi connectivity index (χ1) is 8.61. The van der Waals surface area contributed by atoms with Gasteiger partial charge in [-0.25, -0.2) is 4.98 Å². The topological polar surface area (TPSA) is 54.5 Å². The molecular weight excluding hydrogens is 254 g/mol. The number of nitrogens with one attached hydrogen (secondary N) is 1. The molecule has 0 fully saturated rings. The smallest absolute Gasteiger partial charge is 0.234 e. The molecule has 1 aromatic rings. The van der Waals surface area contributed by atoms with Gasteiger partial charge in [-0.15, -0.1) is 0 Å². The number of likely N-dealkylation sites (N-methyl/N-ethyl adjacent to an activating group) is 1. The number of aromatic nitrogens is 1. The second-order valence-corrected chi connectivity index (χ2v) is 4.39. The van der Waals surface area contributed by atoms with Crippen molar-refractivity contribution in [1.82, 2.24) is 15.2 Å². The van der Waals surface area contributed by atoms with Crippen molar-refractivity contribution in [2.45, 2.75) is 6.54 Å². The summed E-state index contributed by atoms with van der Waals surface area (Å²) in [6.07, 6.45) is 1.66. The summed E-state index contributed by atoms with van der Waals surface area (Å²) in [6, 6.07) is 3.67. The molecule has 1 aromatic heterocycles. The predicted molar refractivity (Wildman–Crippen MR) is 70.5 cm³/mol. The van der Waals surface area contributed by atoms with Gasteiger partial charge in [-0.1, -0.05) is 11.6 Å². The van der Waals surface area contributed by atoms with Gasteiger partial charge in [0.25, 0.3) is 0 Å². The van der Waals surface area contributed by atoms with Crippen molar-refractivity contribution < 1.29 is 9.53 Å². The maximum atomic E-state index is 11.5. The molecule has 0 radical (unpaired) electrons. The number of rotatable bonds is 7. The zero-order valence-corrected chi connectivity index (χ0v) is 11.4. The second kappa shape index (κ2) is 8.02. The van der Waals surface area contributed by atoms with Gasteiger partial charge in [0, 0.05) is 26.4 Å². The Balaban J connectivity index is 2.32. The van der Waals surface area contributed by atoms with E-state index in [1.165, 1.54) is 0 Å². The first-order valence-corrected chi connectivity index (χ1v) is 6.04. The zero-order valence-electron chi connectivity index (χ0n) is 10.6. The van der Waals surface area contributed by atoms with Crippen LogP contribution in [-0.2, 0) is 16.1 Å². The van der Waals surface area contributed by atoms with Gasteiger partial charge >= 0.3 is 0 Å². The van der Waals surface area contributed by atoms with Gasteiger partial charge in [0.05, 0.1) is 13.2 Å². The average Bonchev–Trinajstić information content (AvgIpc) is 2.29. The monoisotopic (exact) mass is 271 g/mol. The van der Waals surface area contributed by atoms with Crippen LogP contribution in [0.1, 0.15) is 5.56 Å². The molecule has 0 aliphatic rings. The van der Waals surface area contributed by atoms with E-state index in [-0.39, 0.29) is 5.91 Å². The highest BCUT2D eigenvalue weighted by molar-refractivity contribution is 6.29. The highest BCUT2D eigenvalue weighted by Crippen LogP contribution is 2.08. The Bertz CT molecular complexity index is 387. The lowest BCUT2D eigenvalue weighted by molar-refractivity contribution is -0.122. The lowest BCUT2D eigenvalue weighted by atomic mass is 10.2. The zero-order chi connectivity index (χ0) is 13.4. The van der Waals surface area contributed by atoms with Gasteiger partial charge in [0.15, 0.2) is 0 Å². The van der Waals surface area contributed by atoms with E-state index in [4.69, 9.17) is 16.3 Å². The number of pyridine rings is 1. The molecule has 0 saturated heterocycles. The third-order valence-corrected chi connectivity index (χ3v) is 2.49. The van der Waals surface area contributed by atoms with Crippen LogP contribution in [0.25, 0.3) is 0 Å². The summed E-state index contributed by atoms with van der Waals surface area (Å²) in [4.78, 5) is 17.4. The van der Waals surface area contributed by atoms with Crippen LogP contribution in [0.4, 0.5) is 0 Å². The summed E-state index contributed by atoms with van der Waals surface area (Å²) in [7, 11) is 3.48. The molecule has 0 aliphatic heterocycles. The Hall–Kier alpha value is -1.17. The molecule has 1 N–H and O–H groups in total.